The third-order valence-electron chi connectivity index (χ3n) is 4.47. The predicted octanol–water partition coefficient (Wildman–Crippen LogP) is 5.07. The van der Waals surface area contributed by atoms with Crippen molar-refractivity contribution in [1.29, 1.82) is 0 Å². The Bertz CT molecular complexity index is 984. The van der Waals surface area contributed by atoms with E-state index >= 15 is 0 Å². The maximum Gasteiger partial charge on any atom is 0.253 e. The van der Waals surface area contributed by atoms with Gasteiger partial charge < -0.3 is 5.32 Å². The van der Waals surface area contributed by atoms with Gasteiger partial charge in [0.1, 0.15) is 11.3 Å². The molecule has 0 unspecified atom stereocenters. The molecule has 0 aliphatic carbocycles. The first-order valence-corrected chi connectivity index (χ1v) is 8.91. The van der Waals surface area contributed by atoms with E-state index in [1.165, 1.54) is 12.3 Å². The Hall–Kier alpha value is -3.01. The summed E-state index contributed by atoms with van der Waals surface area (Å²) in [6, 6.07) is 16.4. The number of halogens is 1. The Balaban J connectivity index is 1.86. The standard InChI is InChI=1S/C23H23FN2O/c1-16(2)13-23(3,14-17-8-5-4-6-9-17)26-22(27)19-12-18-10-7-11-20(24)21(18)25-15-19/h4-12,15H,1,13-14H2,2-3H3,(H,26,27)/t23-/m0/s1. The molecule has 4 heteroatoms. The van der Waals surface area contributed by atoms with Gasteiger partial charge in [0.2, 0.25) is 0 Å². The first-order valence-electron chi connectivity index (χ1n) is 8.91. The van der Waals surface area contributed by atoms with Gasteiger partial charge in [0.25, 0.3) is 5.91 Å². The van der Waals surface area contributed by atoms with Gasteiger partial charge in [-0.3, -0.25) is 9.78 Å². The molecule has 1 heterocycles. The largest absolute Gasteiger partial charge is 0.346 e. The highest BCUT2D eigenvalue weighted by Gasteiger charge is 2.27. The number of nitrogens with zero attached hydrogens (tertiary/aromatic N) is 1. The average molecular weight is 362 g/mol. The van der Waals surface area contributed by atoms with Crippen LogP contribution in [0.5, 0.6) is 0 Å². The molecule has 0 radical (unpaired) electrons. The van der Waals surface area contributed by atoms with Crippen molar-refractivity contribution >= 4 is 16.8 Å². The average Bonchev–Trinajstić information content (AvgIpc) is 2.61. The fraction of sp³-hybridized carbons (Fsp3) is 0.217. The molecule has 27 heavy (non-hydrogen) atoms. The molecule has 2 aromatic carbocycles. The highest BCUT2D eigenvalue weighted by Crippen LogP contribution is 2.22. The third-order valence-corrected chi connectivity index (χ3v) is 4.47. The van der Waals surface area contributed by atoms with Crippen LogP contribution in [0.2, 0.25) is 0 Å². The normalized spacial score (nSPS) is 13.1. The van der Waals surface area contributed by atoms with E-state index in [1.54, 1.807) is 18.2 Å². The van der Waals surface area contributed by atoms with Gasteiger partial charge in [0, 0.05) is 17.1 Å². The number of fused-ring (bicyclic) bond motifs is 1. The first kappa shape index (κ1) is 18.8. The van der Waals surface area contributed by atoms with Gasteiger partial charge in [-0.15, -0.1) is 6.58 Å². The quantitative estimate of drug-likeness (QED) is 0.622. The minimum absolute atomic E-state index is 0.228. The number of rotatable bonds is 6. The van der Waals surface area contributed by atoms with E-state index in [0.717, 1.165) is 11.1 Å². The number of aromatic nitrogens is 1. The molecule has 1 N–H and O–H groups in total. The second-order valence-electron chi connectivity index (χ2n) is 7.35. The van der Waals surface area contributed by atoms with Crippen molar-refractivity contribution in [2.24, 2.45) is 0 Å². The molecule has 0 aliphatic rings. The molecule has 0 bridgehead atoms. The van der Waals surface area contributed by atoms with Crippen LogP contribution in [0.4, 0.5) is 4.39 Å². The summed E-state index contributed by atoms with van der Waals surface area (Å²) in [7, 11) is 0. The van der Waals surface area contributed by atoms with Crippen molar-refractivity contribution in [2.75, 3.05) is 0 Å². The maximum atomic E-state index is 13.8. The molecule has 0 fully saturated rings. The van der Waals surface area contributed by atoms with Crippen LogP contribution in [0.1, 0.15) is 36.2 Å². The monoisotopic (exact) mass is 362 g/mol. The molecular formula is C23H23FN2O. The van der Waals surface area contributed by atoms with Crippen LogP contribution in [0.3, 0.4) is 0 Å². The van der Waals surface area contributed by atoms with E-state index in [2.05, 4.69) is 16.9 Å². The second kappa shape index (κ2) is 7.70. The zero-order valence-corrected chi connectivity index (χ0v) is 15.6. The number of nitrogens with one attached hydrogen (secondary N) is 1. The molecule has 1 aromatic heterocycles. The van der Waals surface area contributed by atoms with Gasteiger partial charge >= 0.3 is 0 Å². The Morgan fingerprint density at radius 2 is 1.93 bits per heavy atom. The summed E-state index contributed by atoms with van der Waals surface area (Å²) in [6.07, 6.45) is 2.76. The minimum Gasteiger partial charge on any atom is -0.346 e. The van der Waals surface area contributed by atoms with Crippen LogP contribution in [0, 0.1) is 5.82 Å². The van der Waals surface area contributed by atoms with Crippen molar-refractivity contribution in [2.45, 2.75) is 32.2 Å². The van der Waals surface area contributed by atoms with Crippen LogP contribution in [0.15, 0.2) is 72.9 Å². The number of para-hydroxylation sites is 1. The summed E-state index contributed by atoms with van der Waals surface area (Å²) >= 11 is 0. The maximum absolute atomic E-state index is 13.8. The number of carbonyl (C=O) groups excluding carboxylic acids is 1. The van der Waals surface area contributed by atoms with Crippen molar-refractivity contribution in [1.82, 2.24) is 10.3 Å². The number of amides is 1. The van der Waals surface area contributed by atoms with Gasteiger partial charge in [0.05, 0.1) is 5.56 Å². The van der Waals surface area contributed by atoms with Crippen LogP contribution < -0.4 is 5.32 Å². The van der Waals surface area contributed by atoms with Gasteiger partial charge in [-0.05, 0) is 44.4 Å². The Labute approximate surface area is 158 Å². The zero-order valence-electron chi connectivity index (χ0n) is 15.6. The van der Waals surface area contributed by atoms with E-state index in [4.69, 9.17) is 0 Å². The molecule has 3 nitrogen and oxygen atoms in total. The SMILES string of the molecule is C=C(C)C[C@@](C)(Cc1ccccc1)NC(=O)c1cnc2c(F)cccc2c1. The smallest absolute Gasteiger partial charge is 0.253 e. The lowest BCUT2D eigenvalue weighted by Gasteiger charge is -2.31. The van der Waals surface area contributed by atoms with Crippen molar-refractivity contribution in [3.8, 4) is 0 Å². The third kappa shape index (κ3) is 4.59. The Morgan fingerprint density at radius 3 is 2.63 bits per heavy atom. The highest BCUT2D eigenvalue weighted by atomic mass is 19.1. The molecule has 0 saturated heterocycles. The Morgan fingerprint density at radius 1 is 1.19 bits per heavy atom. The summed E-state index contributed by atoms with van der Waals surface area (Å²) in [5.41, 5.74) is 2.33. The van der Waals surface area contributed by atoms with E-state index in [-0.39, 0.29) is 11.4 Å². The number of hydrogen-bond acceptors (Lipinski definition) is 2. The fourth-order valence-corrected chi connectivity index (χ4v) is 3.46. The van der Waals surface area contributed by atoms with Crippen LogP contribution in [-0.4, -0.2) is 16.4 Å². The molecule has 1 atom stereocenters. The minimum atomic E-state index is -0.485. The lowest BCUT2D eigenvalue weighted by atomic mass is 9.86. The molecule has 1 amide bonds. The summed E-state index contributed by atoms with van der Waals surface area (Å²) in [4.78, 5) is 17.0. The number of carbonyl (C=O) groups is 1. The van der Waals surface area contributed by atoms with Crippen molar-refractivity contribution < 1.29 is 9.18 Å². The molecule has 138 valence electrons. The van der Waals surface area contributed by atoms with Crippen molar-refractivity contribution in [3.63, 3.8) is 0 Å². The summed E-state index contributed by atoms with van der Waals surface area (Å²) in [5.74, 6) is -0.621. The topological polar surface area (TPSA) is 42.0 Å². The molecular weight excluding hydrogens is 339 g/mol. The lowest BCUT2D eigenvalue weighted by molar-refractivity contribution is 0.0905. The van der Waals surface area contributed by atoms with E-state index in [1.807, 2.05) is 44.2 Å². The van der Waals surface area contributed by atoms with Gasteiger partial charge in [-0.2, -0.15) is 0 Å². The number of benzene rings is 2. The Kier molecular flexibility index (Phi) is 5.36. The van der Waals surface area contributed by atoms with Gasteiger partial charge in [-0.1, -0.05) is 48.0 Å². The molecule has 3 rings (SSSR count). The van der Waals surface area contributed by atoms with E-state index < -0.39 is 11.4 Å². The number of pyridine rings is 1. The van der Waals surface area contributed by atoms with Crippen LogP contribution in [-0.2, 0) is 6.42 Å². The van der Waals surface area contributed by atoms with Gasteiger partial charge in [0.15, 0.2) is 0 Å². The number of hydrogen-bond donors (Lipinski definition) is 1. The van der Waals surface area contributed by atoms with E-state index in [0.29, 0.717) is 23.8 Å². The summed E-state index contributed by atoms with van der Waals surface area (Å²) < 4.78 is 13.8. The predicted molar refractivity (Wildman–Crippen MR) is 107 cm³/mol. The van der Waals surface area contributed by atoms with E-state index in [9.17, 15) is 9.18 Å². The zero-order chi connectivity index (χ0) is 19.4. The summed E-state index contributed by atoms with van der Waals surface area (Å²) in [5, 5.41) is 3.74. The lowest BCUT2D eigenvalue weighted by Crippen LogP contribution is -2.48. The van der Waals surface area contributed by atoms with Gasteiger partial charge in [-0.25, -0.2) is 4.39 Å². The molecule has 3 aromatic rings. The van der Waals surface area contributed by atoms with Crippen LogP contribution >= 0.6 is 0 Å². The summed E-state index contributed by atoms with van der Waals surface area (Å²) in [6.45, 7) is 7.98. The van der Waals surface area contributed by atoms with Crippen LogP contribution in [0.25, 0.3) is 10.9 Å². The molecule has 0 saturated carbocycles. The molecule has 0 aliphatic heterocycles. The van der Waals surface area contributed by atoms with Crippen molar-refractivity contribution in [3.05, 3.63) is 89.9 Å². The molecule has 0 spiro atoms. The first-order chi connectivity index (χ1) is 12.9. The fourth-order valence-electron chi connectivity index (χ4n) is 3.46. The highest BCUT2D eigenvalue weighted by molar-refractivity contribution is 5.97. The second-order valence-corrected chi connectivity index (χ2v) is 7.35.